The van der Waals surface area contributed by atoms with Crippen LogP contribution in [0.15, 0.2) is 24.4 Å². The minimum atomic E-state index is -0.392. The lowest BCUT2D eigenvalue weighted by molar-refractivity contribution is 0.352. The van der Waals surface area contributed by atoms with Gasteiger partial charge in [-0.25, -0.2) is 10.4 Å². The summed E-state index contributed by atoms with van der Waals surface area (Å²) in [6.07, 6.45) is 1.52. The van der Waals surface area contributed by atoms with Crippen molar-refractivity contribution in [2.45, 2.75) is 13.0 Å². The molecule has 1 atom stereocenters. The van der Waals surface area contributed by atoms with Gasteiger partial charge in [-0.2, -0.15) is 4.98 Å². The van der Waals surface area contributed by atoms with Crippen LogP contribution in [-0.4, -0.2) is 24.2 Å². The number of hydrazine groups is 1. The van der Waals surface area contributed by atoms with Crippen LogP contribution >= 0.6 is 11.6 Å². The van der Waals surface area contributed by atoms with Gasteiger partial charge >= 0.3 is 0 Å². The number of halogens is 1. The number of ether oxygens (including phenoxy) is 2. The third-order valence-corrected chi connectivity index (χ3v) is 3.37. The Hall–Kier alpha value is -1.89. The summed E-state index contributed by atoms with van der Waals surface area (Å²) in [5, 5.41) is 0.622. The minimum Gasteiger partial charge on any atom is -0.480 e. The van der Waals surface area contributed by atoms with E-state index in [0.717, 1.165) is 11.1 Å². The van der Waals surface area contributed by atoms with Gasteiger partial charge in [-0.15, -0.1) is 0 Å². The lowest BCUT2D eigenvalue weighted by Gasteiger charge is -2.20. The summed E-state index contributed by atoms with van der Waals surface area (Å²) in [5.41, 5.74) is 5.23. The molecule has 0 aliphatic heterocycles. The number of nitrogens with one attached hydrogen (secondary N) is 1. The molecule has 2 aromatic rings. The van der Waals surface area contributed by atoms with E-state index in [1.54, 1.807) is 0 Å². The SMILES string of the molecule is COc1cnc(C(NN)c2cc(Cl)ccc2C)c(OC)n1. The van der Waals surface area contributed by atoms with Gasteiger partial charge < -0.3 is 9.47 Å². The van der Waals surface area contributed by atoms with E-state index in [1.807, 2.05) is 25.1 Å². The summed E-state index contributed by atoms with van der Waals surface area (Å²) in [5.74, 6) is 6.42. The summed E-state index contributed by atoms with van der Waals surface area (Å²) in [6, 6.07) is 5.19. The Morgan fingerprint density at radius 3 is 2.67 bits per heavy atom. The zero-order valence-electron chi connectivity index (χ0n) is 12.1. The van der Waals surface area contributed by atoms with Gasteiger partial charge in [-0.3, -0.25) is 5.84 Å². The molecule has 6 nitrogen and oxygen atoms in total. The van der Waals surface area contributed by atoms with Crippen molar-refractivity contribution >= 4 is 11.6 Å². The van der Waals surface area contributed by atoms with Crippen molar-refractivity contribution in [2.24, 2.45) is 5.84 Å². The highest BCUT2D eigenvalue weighted by Gasteiger charge is 2.22. The first-order valence-electron chi connectivity index (χ1n) is 6.27. The average Bonchev–Trinajstić information content (AvgIpc) is 2.51. The highest BCUT2D eigenvalue weighted by Crippen LogP contribution is 2.30. The standard InChI is InChI=1S/C14H17ClN4O2/c1-8-4-5-9(15)6-10(8)12(19-16)13-14(21-3)18-11(20-2)7-17-13/h4-7,12,19H,16H2,1-3H3. The molecule has 0 radical (unpaired) electrons. The van der Waals surface area contributed by atoms with Crippen LogP contribution in [0.5, 0.6) is 11.8 Å². The Morgan fingerprint density at radius 2 is 2.05 bits per heavy atom. The van der Waals surface area contributed by atoms with Crippen molar-refractivity contribution in [3.8, 4) is 11.8 Å². The molecule has 0 bridgehead atoms. The molecular weight excluding hydrogens is 292 g/mol. The summed E-state index contributed by atoms with van der Waals surface area (Å²) < 4.78 is 10.3. The van der Waals surface area contributed by atoms with Crippen LogP contribution in [0.3, 0.4) is 0 Å². The van der Waals surface area contributed by atoms with E-state index in [4.69, 9.17) is 26.9 Å². The van der Waals surface area contributed by atoms with Crippen molar-refractivity contribution in [1.29, 1.82) is 0 Å². The monoisotopic (exact) mass is 308 g/mol. The topological polar surface area (TPSA) is 82.3 Å². The fourth-order valence-electron chi connectivity index (χ4n) is 2.05. The molecule has 2 rings (SSSR count). The number of benzene rings is 1. The van der Waals surface area contributed by atoms with E-state index in [9.17, 15) is 0 Å². The van der Waals surface area contributed by atoms with E-state index in [0.29, 0.717) is 22.5 Å². The predicted molar refractivity (Wildman–Crippen MR) is 80.5 cm³/mol. The Balaban J connectivity index is 2.53. The molecule has 0 spiro atoms. The quantitative estimate of drug-likeness (QED) is 0.649. The third-order valence-electron chi connectivity index (χ3n) is 3.14. The van der Waals surface area contributed by atoms with Crippen LogP contribution in [0.4, 0.5) is 0 Å². The first kappa shape index (κ1) is 15.5. The Kier molecular flexibility index (Phi) is 4.95. The highest BCUT2D eigenvalue weighted by molar-refractivity contribution is 6.30. The second kappa shape index (κ2) is 6.71. The van der Waals surface area contributed by atoms with Crippen molar-refractivity contribution in [2.75, 3.05) is 14.2 Å². The fourth-order valence-corrected chi connectivity index (χ4v) is 2.23. The van der Waals surface area contributed by atoms with E-state index >= 15 is 0 Å². The van der Waals surface area contributed by atoms with E-state index in [-0.39, 0.29) is 0 Å². The molecule has 0 saturated carbocycles. The van der Waals surface area contributed by atoms with Gasteiger partial charge in [0.2, 0.25) is 11.8 Å². The molecular formula is C14H17ClN4O2. The summed E-state index contributed by atoms with van der Waals surface area (Å²) in [7, 11) is 3.04. The lowest BCUT2D eigenvalue weighted by atomic mass is 9.99. The first-order valence-corrected chi connectivity index (χ1v) is 6.65. The number of hydrogen-bond donors (Lipinski definition) is 2. The molecule has 3 N–H and O–H groups in total. The molecule has 0 amide bonds. The highest BCUT2D eigenvalue weighted by atomic mass is 35.5. The normalized spacial score (nSPS) is 12.0. The second-order valence-corrected chi connectivity index (χ2v) is 4.84. The van der Waals surface area contributed by atoms with Crippen LogP contribution in [0.25, 0.3) is 0 Å². The van der Waals surface area contributed by atoms with E-state index < -0.39 is 6.04 Å². The zero-order chi connectivity index (χ0) is 15.4. The molecule has 21 heavy (non-hydrogen) atoms. The number of hydrogen-bond acceptors (Lipinski definition) is 6. The molecule has 1 aromatic carbocycles. The molecule has 0 fully saturated rings. The third kappa shape index (κ3) is 3.24. The van der Waals surface area contributed by atoms with Crippen molar-refractivity contribution in [3.05, 3.63) is 46.2 Å². The smallest absolute Gasteiger partial charge is 0.240 e. The van der Waals surface area contributed by atoms with Crippen LogP contribution in [0, 0.1) is 6.92 Å². The first-order chi connectivity index (χ1) is 10.1. The van der Waals surface area contributed by atoms with Crippen LogP contribution in [0.1, 0.15) is 22.9 Å². The molecule has 1 aromatic heterocycles. The van der Waals surface area contributed by atoms with Gasteiger partial charge in [-0.05, 0) is 30.2 Å². The largest absolute Gasteiger partial charge is 0.480 e. The maximum atomic E-state index is 6.07. The second-order valence-electron chi connectivity index (χ2n) is 4.41. The number of nitrogens with two attached hydrogens (primary N) is 1. The van der Waals surface area contributed by atoms with Crippen LogP contribution in [0.2, 0.25) is 5.02 Å². The van der Waals surface area contributed by atoms with Crippen molar-refractivity contribution in [1.82, 2.24) is 15.4 Å². The van der Waals surface area contributed by atoms with Gasteiger partial charge in [-0.1, -0.05) is 17.7 Å². The van der Waals surface area contributed by atoms with Gasteiger partial charge in [0.25, 0.3) is 0 Å². The van der Waals surface area contributed by atoms with Crippen LogP contribution < -0.4 is 20.7 Å². The lowest BCUT2D eigenvalue weighted by Crippen LogP contribution is -2.30. The van der Waals surface area contributed by atoms with Crippen LogP contribution in [-0.2, 0) is 0 Å². The average molecular weight is 309 g/mol. The number of nitrogens with zero attached hydrogens (tertiary/aromatic N) is 2. The molecule has 0 aliphatic rings. The van der Waals surface area contributed by atoms with E-state index in [1.165, 1.54) is 20.4 Å². The molecule has 7 heteroatoms. The van der Waals surface area contributed by atoms with Crippen molar-refractivity contribution in [3.63, 3.8) is 0 Å². The van der Waals surface area contributed by atoms with Gasteiger partial charge in [0, 0.05) is 5.02 Å². The molecule has 0 aliphatic carbocycles. The fraction of sp³-hybridized carbons (Fsp3) is 0.286. The molecule has 1 heterocycles. The summed E-state index contributed by atoms with van der Waals surface area (Å²) in [6.45, 7) is 1.97. The Bertz CT molecular complexity index is 636. The van der Waals surface area contributed by atoms with Gasteiger partial charge in [0.15, 0.2) is 0 Å². The maximum absolute atomic E-state index is 6.07. The van der Waals surface area contributed by atoms with Gasteiger partial charge in [0.05, 0.1) is 26.5 Å². The Morgan fingerprint density at radius 1 is 1.29 bits per heavy atom. The summed E-state index contributed by atoms with van der Waals surface area (Å²) in [4.78, 5) is 8.56. The maximum Gasteiger partial charge on any atom is 0.240 e. The molecule has 0 saturated heterocycles. The summed E-state index contributed by atoms with van der Waals surface area (Å²) >= 11 is 6.07. The molecule has 112 valence electrons. The number of aromatic nitrogens is 2. The van der Waals surface area contributed by atoms with E-state index in [2.05, 4.69) is 15.4 Å². The number of methoxy groups -OCH3 is 2. The van der Waals surface area contributed by atoms with Crippen molar-refractivity contribution < 1.29 is 9.47 Å². The minimum absolute atomic E-state index is 0.344. The predicted octanol–water partition coefficient (Wildman–Crippen LogP) is 2.01. The Labute approximate surface area is 128 Å². The number of aryl methyl sites for hydroxylation is 1. The molecule has 1 unspecified atom stereocenters. The van der Waals surface area contributed by atoms with Gasteiger partial charge in [0.1, 0.15) is 5.69 Å². The number of rotatable bonds is 5. The zero-order valence-corrected chi connectivity index (χ0v) is 12.8.